The van der Waals surface area contributed by atoms with E-state index in [2.05, 4.69) is 5.32 Å². The van der Waals surface area contributed by atoms with Crippen LogP contribution < -0.4 is 14.8 Å². The number of anilines is 1. The van der Waals surface area contributed by atoms with Gasteiger partial charge in [-0.1, -0.05) is 24.3 Å². The van der Waals surface area contributed by atoms with Crippen molar-refractivity contribution in [2.75, 3.05) is 19.0 Å². The number of ether oxygens (including phenoxy) is 2. The average molecular weight is 282 g/mol. The van der Waals surface area contributed by atoms with Gasteiger partial charge in [-0.05, 0) is 30.7 Å². The lowest BCUT2D eigenvalue weighted by molar-refractivity contribution is 0.364. The summed E-state index contributed by atoms with van der Waals surface area (Å²) in [6.07, 6.45) is 0. The molecule has 2 aromatic rings. The van der Waals surface area contributed by atoms with E-state index in [1.54, 1.807) is 7.11 Å². The minimum absolute atomic E-state index is 0.0464. The predicted octanol–water partition coefficient (Wildman–Crippen LogP) is 3.52. The van der Waals surface area contributed by atoms with Crippen molar-refractivity contribution in [3.8, 4) is 17.6 Å². The summed E-state index contributed by atoms with van der Waals surface area (Å²) < 4.78 is 10.8. The molecular formula is C17H18N2O2. The number of rotatable bonds is 6. The minimum atomic E-state index is 0.0464. The molecule has 0 unspecified atom stereocenters. The van der Waals surface area contributed by atoms with Crippen molar-refractivity contribution in [2.45, 2.75) is 13.5 Å². The maximum atomic E-state index is 8.62. The molecule has 1 N–H and O–H groups in total. The maximum Gasteiger partial charge on any atom is 0.174 e. The molecule has 0 aromatic heterocycles. The van der Waals surface area contributed by atoms with E-state index in [4.69, 9.17) is 14.7 Å². The fourth-order valence-electron chi connectivity index (χ4n) is 2.05. The van der Waals surface area contributed by atoms with E-state index in [-0.39, 0.29) is 6.61 Å². The van der Waals surface area contributed by atoms with Crippen molar-refractivity contribution >= 4 is 5.69 Å². The van der Waals surface area contributed by atoms with Gasteiger partial charge in [0.05, 0.1) is 12.8 Å². The van der Waals surface area contributed by atoms with E-state index < -0.39 is 0 Å². The molecule has 4 heteroatoms. The molecule has 0 aliphatic rings. The fraction of sp³-hybridized carbons (Fsp3) is 0.235. The third kappa shape index (κ3) is 3.90. The molecule has 2 rings (SSSR count). The van der Waals surface area contributed by atoms with Crippen molar-refractivity contribution in [1.82, 2.24) is 0 Å². The first kappa shape index (κ1) is 14.7. The first-order chi connectivity index (χ1) is 10.2. The molecule has 0 amide bonds. The van der Waals surface area contributed by atoms with Gasteiger partial charge in [-0.15, -0.1) is 0 Å². The second kappa shape index (κ2) is 7.20. The summed E-state index contributed by atoms with van der Waals surface area (Å²) >= 11 is 0. The number of benzene rings is 2. The number of hydrogen-bond donors (Lipinski definition) is 1. The highest BCUT2D eigenvalue weighted by atomic mass is 16.5. The van der Waals surface area contributed by atoms with E-state index in [0.29, 0.717) is 6.54 Å². The van der Waals surface area contributed by atoms with Crippen molar-refractivity contribution < 1.29 is 9.47 Å². The molecule has 0 saturated heterocycles. The van der Waals surface area contributed by atoms with E-state index >= 15 is 0 Å². The third-order valence-electron chi connectivity index (χ3n) is 3.09. The summed E-state index contributed by atoms with van der Waals surface area (Å²) in [7, 11) is 1.65. The van der Waals surface area contributed by atoms with Crippen molar-refractivity contribution in [3.05, 3.63) is 53.6 Å². The summed E-state index contributed by atoms with van der Waals surface area (Å²) in [5, 5.41) is 12.0. The standard InChI is InChI=1S/C17H18N2O2/c1-13-7-8-17(20-2)15(11-13)19-12-14-5-3-4-6-16(14)21-10-9-18/h3-8,11,19H,10,12H2,1-2H3. The van der Waals surface area contributed by atoms with Crippen molar-refractivity contribution in [1.29, 1.82) is 5.26 Å². The molecule has 0 saturated carbocycles. The highest BCUT2D eigenvalue weighted by Gasteiger charge is 2.06. The number of hydrogen-bond acceptors (Lipinski definition) is 4. The number of nitriles is 1. The summed E-state index contributed by atoms with van der Waals surface area (Å²) in [6.45, 7) is 2.68. The molecule has 0 aliphatic carbocycles. The van der Waals surface area contributed by atoms with Gasteiger partial charge in [0.1, 0.15) is 17.6 Å². The zero-order chi connectivity index (χ0) is 15.1. The van der Waals surface area contributed by atoms with E-state index in [9.17, 15) is 0 Å². The summed E-state index contributed by atoms with van der Waals surface area (Å²) in [4.78, 5) is 0. The molecule has 0 bridgehead atoms. The third-order valence-corrected chi connectivity index (χ3v) is 3.09. The van der Waals surface area contributed by atoms with E-state index in [1.165, 1.54) is 0 Å². The Balaban J connectivity index is 2.13. The second-order valence-corrected chi connectivity index (χ2v) is 4.61. The Kier molecular flexibility index (Phi) is 5.05. The molecule has 0 atom stereocenters. The molecule has 0 heterocycles. The SMILES string of the molecule is COc1ccc(C)cc1NCc1ccccc1OCC#N. The zero-order valence-electron chi connectivity index (χ0n) is 12.2. The Morgan fingerprint density at radius 1 is 1.14 bits per heavy atom. The van der Waals surface area contributed by atoms with Crippen molar-refractivity contribution in [2.24, 2.45) is 0 Å². The number of nitrogens with one attached hydrogen (secondary N) is 1. The van der Waals surface area contributed by atoms with Crippen LogP contribution in [0.25, 0.3) is 0 Å². The zero-order valence-corrected chi connectivity index (χ0v) is 12.2. The molecule has 108 valence electrons. The van der Waals surface area contributed by atoms with Crippen LogP contribution in [0.5, 0.6) is 11.5 Å². The highest BCUT2D eigenvalue weighted by Crippen LogP contribution is 2.27. The Labute approximate surface area is 124 Å². The summed E-state index contributed by atoms with van der Waals surface area (Å²) in [5.41, 5.74) is 3.09. The lowest BCUT2D eigenvalue weighted by atomic mass is 10.1. The van der Waals surface area contributed by atoms with Gasteiger partial charge in [0, 0.05) is 12.1 Å². The molecule has 0 aliphatic heterocycles. The number of para-hydroxylation sites is 1. The van der Waals surface area contributed by atoms with Gasteiger partial charge in [-0.25, -0.2) is 0 Å². The van der Waals surface area contributed by atoms with Gasteiger partial charge in [-0.2, -0.15) is 5.26 Å². The van der Waals surface area contributed by atoms with Crippen LogP contribution in [-0.2, 0) is 6.54 Å². The van der Waals surface area contributed by atoms with Crippen LogP contribution in [0.15, 0.2) is 42.5 Å². The number of nitrogens with zero attached hydrogens (tertiary/aromatic N) is 1. The topological polar surface area (TPSA) is 54.3 Å². The van der Waals surface area contributed by atoms with Crippen molar-refractivity contribution in [3.63, 3.8) is 0 Å². The predicted molar refractivity (Wildman–Crippen MR) is 82.6 cm³/mol. The molecule has 2 aromatic carbocycles. The Morgan fingerprint density at radius 2 is 1.95 bits per heavy atom. The highest BCUT2D eigenvalue weighted by molar-refractivity contribution is 5.58. The second-order valence-electron chi connectivity index (χ2n) is 4.61. The molecule has 21 heavy (non-hydrogen) atoms. The van der Waals surface area contributed by atoms with E-state index in [1.807, 2.05) is 55.5 Å². The van der Waals surface area contributed by atoms with Crippen LogP contribution in [0, 0.1) is 18.3 Å². The van der Waals surface area contributed by atoms with Crippen LogP contribution in [0.2, 0.25) is 0 Å². The molecule has 0 spiro atoms. The minimum Gasteiger partial charge on any atom is -0.495 e. The molecule has 0 fully saturated rings. The summed E-state index contributed by atoms with van der Waals surface area (Å²) in [6, 6.07) is 15.6. The van der Waals surface area contributed by atoms with E-state index in [0.717, 1.165) is 28.3 Å². The fourth-order valence-corrected chi connectivity index (χ4v) is 2.05. The first-order valence-corrected chi connectivity index (χ1v) is 6.70. The van der Waals surface area contributed by atoms with Gasteiger partial charge in [0.2, 0.25) is 0 Å². The first-order valence-electron chi connectivity index (χ1n) is 6.70. The lowest BCUT2D eigenvalue weighted by Crippen LogP contribution is -2.04. The Bertz CT molecular complexity index is 647. The van der Waals surface area contributed by atoms with Crippen LogP contribution in [-0.4, -0.2) is 13.7 Å². The molecule has 4 nitrogen and oxygen atoms in total. The monoisotopic (exact) mass is 282 g/mol. The van der Waals surface area contributed by atoms with Gasteiger partial charge < -0.3 is 14.8 Å². The summed E-state index contributed by atoms with van der Waals surface area (Å²) in [5.74, 6) is 1.52. The average Bonchev–Trinajstić information content (AvgIpc) is 2.52. The van der Waals surface area contributed by atoms with Gasteiger partial charge in [0.25, 0.3) is 0 Å². The van der Waals surface area contributed by atoms with Gasteiger partial charge >= 0.3 is 0 Å². The quantitative estimate of drug-likeness (QED) is 0.880. The van der Waals surface area contributed by atoms with Gasteiger partial charge in [0.15, 0.2) is 6.61 Å². The maximum absolute atomic E-state index is 8.62. The van der Waals surface area contributed by atoms with Crippen LogP contribution in [0.3, 0.4) is 0 Å². The normalized spacial score (nSPS) is 9.76. The Hall–Kier alpha value is -2.67. The smallest absolute Gasteiger partial charge is 0.174 e. The Morgan fingerprint density at radius 3 is 2.71 bits per heavy atom. The number of aryl methyl sites for hydroxylation is 1. The van der Waals surface area contributed by atoms with Crippen LogP contribution in [0.1, 0.15) is 11.1 Å². The van der Waals surface area contributed by atoms with Crippen LogP contribution in [0.4, 0.5) is 5.69 Å². The lowest BCUT2D eigenvalue weighted by Gasteiger charge is -2.14. The van der Waals surface area contributed by atoms with Crippen LogP contribution >= 0.6 is 0 Å². The van der Waals surface area contributed by atoms with Gasteiger partial charge in [-0.3, -0.25) is 0 Å². The molecule has 0 radical (unpaired) electrons. The largest absolute Gasteiger partial charge is 0.495 e. The molecular weight excluding hydrogens is 264 g/mol. The number of methoxy groups -OCH3 is 1.